The van der Waals surface area contributed by atoms with Crippen molar-refractivity contribution in [1.29, 1.82) is 0 Å². The Hall–Kier alpha value is -4.56. The molecule has 0 fully saturated rings. The Kier molecular flexibility index (Phi) is 9.01. The van der Waals surface area contributed by atoms with Crippen LogP contribution >= 0.6 is 11.8 Å². The molecule has 3 aromatic carbocycles. The first-order chi connectivity index (χ1) is 18.8. The lowest BCUT2D eigenvalue weighted by Crippen LogP contribution is -2.30. The minimum absolute atomic E-state index is 0.0361. The minimum atomic E-state index is -0.502. The summed E-state index contributed by atoms with van der Waals surface area (Å²) in [6, 6.07) is 25.1. The standard InChI is InChI=1S/C31H29N3O4S/c1-20-11-12-21(2)27(18-20)33-29(35)22(3)39-26-15-13-24(14-16-26)32-31(37)28(19-25-10-7-17-38-25)34-30(36)23-8-5-4-6-9-23/h4-19,22H,1-3H3,(H,32,37)(H,33,35)(H,34,36)/b28-19-. The lowest BCUT2D eigenvalue weighted by atomic mass is 10.1. The summed E-state index contributed by atoms with van der Waals surface area (Å²) in [6.07, 6.45) is 2.96. The van der Waals surface area contributed by atoms with E-state index < -0.39 is 11.8 Å². The van der Waals surface area contributed by atoms with Crippen molar-refractivity contribution in [2.75, 3.05) is 10.6 Å². The van der Waals surface area contributed by atoms with E-state index in [-0.39, 0.29) is 16.9 Å². The van der Waals surface area contributed by atoms with Crippen molar-refractivity contribution in [2.45, 2.75) is 30.9 Å². The zero-order valence-electron chi connectivity index (χ0n) is 21.9. The Morgan fingerprint density at radius 3 is 2.31 bits per heavy atom. The molecule has 0 saturated heterocycles. The van der Waals surface area contributed by atoms with Gasteiger partial charge in [0, 0.05) is 27.9 Å². The lowest BCUT2D eigenvalue weighted by Gasteiger charge is -2.15. The van der Waals surface area contributed by atoms with Crippen LogP contribution < -0.4 is 16.0 Å². The number of hydrogen-bond donors (Lipinski definition) is 3. The number of aryl methyl sites for hydroxylation is 2. The predicted molar refractivity (Wildman–Crippen MR) is 156 cm³/mol. The molecule has 1 aromatic heterocycles. The number of amides is 3. The average molecular weight is 540 g/mol. The molecule has 0 saturated carbocycles. The number of nitrogens with one attached hydrogen (secondary N) is 3. The maximum Gasteiger partial charge on any atom is 0.272 e. The second kappa shape index (κ2) is 12.8. The third-order valence-electron chi connectivity index (χ3n) is 5.80. The molecule has 8 heteroatoms. The number of carbonyl (C=O) groups excluding carboxylic acids is 3. The van der Waals surface area contributed by atoms with Gasteiger partial charge < -0.3 is 20.4 Å². The first-order valence-corrected chi connectivity index (χ1v) is 13.2. The SMILES string of the molecule is Cc1ccc(C)c(NC(=O)C(C)Sc2ccc(NC(=O)/C(=C/c3ccco3)NC(=O)c3ccccc3)cc2)c1. The van der Waals surface area contributed by atoms with Crippen LogP contribution in [0, 0.1) is 13.8 Å². The van der Waals surface area contributed by atoms with Gasteiger partial charge >= 0.3 is 0 Å². The normalized spacial score (nSPS) is 11.9. The Morgan fingerprint density at radius 1 is 0.872 bits per heavy atom. The molecule has 0 aliphatic rings. The van der Waals surface area contributed by atoms with E-state index in [1.807, 2.05) is 57.2 Å². The van der Waals surface area contributed by atoms with Crippen molar-refractivity contribution in [3.05, 3.63) is 119 Å². The van der Waals surface area contributed by atoms with Gasteiger partial charge in [0.05, 0.1) is 11.5 Å². The Labute approximate surface area is 231 Å². The van der Waals surface area contributed by atoms with Crippen molar-refractivity contribution >= 4 is 46.9 Å². The molecule has 0 spiro atoms. The number of thioether (sulfide) groups is 1. The van der Waals surface area contributed by atoms with Crippen molar-refractivity contribution in [3.8, 4) is 0 Å². The van der Waals surface area contributed by atoms with Crippen molar-refractivity contribution in [3.63, 3.8) is 0 Å². The Morgan fingerprint density at radius 2 is 1.62 bits per heavy atom. The minimum Gasteiger partial charge on any atom is -0.465 e. The summed E-state index contributed by atoms with van der Waals surface area (Å²) in [4.78, 5) is 39.4. The summed E-state index contributed by atoms with van der Waals surface area (Å²) in [7, 11) is 0. The number of carbonyl (C=O) groups is 3. The van der Waals surface area contributed by atoms with E-state index in [1.165, 1.54) is 24.1 Å². The van der Waals surface area contributed by atoms with Gasteiger partial charge in [-0.05, 0) is 86.5 Å². The zero-order chi connectivity index (χ0) is 27.8. The van der Waals surface area contributed by atoms with E-state index in [0.717, 1.165) is 21.7 Å². The fraction of sp³-hybridized carbons (Fsp3) is 0.129. The second-order valence-electron chi connectivity index (χ2n) is 8.94. The molecule has 1 atom stereocenters. The van der Waals surface area contributed by atoms with Crippen LogP contribution in [-0.4, -0.2) is 23.0 Å². The van der Waals surface area contributed by atoms with Gasteiger partial charge in [-0.1, -0.05) is 30.3 Å². The van der Waals surface area contributed by atoms with Crippen LogP contribution in [0.5, 0.6) is 0 Å². The van der Waals surface area contributed by atoms with E-state index >= 15 is 0 Å². The quantitative estimate of drug-likeness (QED) is 0.168. The van der Waals surface area contributed by atoms with Gasteiger partial charge in [0.15, 0.2) is 0 Å². The third kappa shape index (κ3) is 7.72. The Bertz CT molecular complexity index is 1480. The molecular formula is C31H29N3O4S. The first kappa shape index (κ1) is 27.5. The summed E-state index contributed by atoms with van der Waals surface area (Å²) in [5.74, 6) is -0.581. The average Bonchev–Trinajstić information content (AvgIpc) is 3.45. The predicted octanol–water partition coefficient (Wildman–Crippen LogP) is 6.43. The number of hydrogen-bond acceptors (Lipinski definition) is 5. The first-order valence-electron chi connectivity index (χ1n) is 12.4. The maximum absolute atomic E-state index is 13.1. The molecule has 3 N–H and O–H groups in total. The Balaban J connectivity index is 1.40. The summed E-state index contributed by atoms with van der Waals surface area (Å²) < 4.78 is 5.33. The molecule has 198 valence electrons. The van der Waals surface area contributed by atoms with E-state index in [9.17, 15) is 14.4 Å². The highest BCUT2D eigenvalue weighted by Crippen LogP contribution is 2.26. The molecule has 3 amide bonds. The van der Waals surface area contributed by atoms with Crippen LogP contribution in [0.4, 0.5) is 11.4 Å². The molecule has 0 aliphatic heterocycles. The number of benzene rings is 3. The molecular weight excluding hydrogens is 510 g/mol. The van der Waals surface area contributed by atoms with Gasteiger partial charge in [0.1, 0.15) is 11.5 Å². The highest BCUT2D eigenvalue weighted by molar-refractivity contribution is 8.00. The number of furan rings is 1. The highest BCUT2D eigenvalue weighted by Gasteiger charge is 2.17. The van der Waals surface area contributed by atoms with Crippen molar-refractivity contribution < 1.29 is 18.8 Å². The molecule has 4 rings (SSSR count). The van der Waals surface area contributed by atoms with Gasteiger partial charge in [-0.3, -0.25) is 14.4 Å². The maximum atomic E-state index is 13.1. The number of rotatable bonds is 9. The molecule has 0 radical (unpaired) electrons. The van der Waals surface area contributed by atoms with E-state index in [4.69, 9.17) is 4.42 Å². The molecule has 4 aromatic rings. The largest absolute Gasteiger partial charge is 0.465 e. The lowest BCUT2D eigenvalue weighted by molar-refractivity contribution is -0.115. The third-order valence-corrected chi connectivity index (χ3v) is 6.92. The molecule has 7 nitrogen and oxygen atoms in total. The monoisotopic (exact) mass is 539 g/mol. The fourth-order valence-electron chi connectivity index (χ4n) is 3.64. The zero-order valence-corrected chi connectivity index (χ0v) is 22.7. The van der Waals surface area contributed by atoms with Gasteiger partial charge in [0.25, 0.3) is 11.8 Å². The van der Waals surface area contributed by atoms with E-state index in [0.29, 0.717) is 17.0 Å². The van der Waals surface area contributed by atoms with Crippen LogP contribution in [0.1, 0.15) is 34.2 Å². The van der Waals surface area contributed by atoms with Gasteiger partial charge in [-0.2, -0.15) is 0 Å². The molecule has 1 heterocycles. The smallest absolute Gasteiger partial charge is 0.272 e. The second-order valence-corrected chi connectivity index (χ2v) is 10.4. The van der Waals surface area contributed by atoms with Gasteiger partial charge in [-0.15, -0.1) is 11.8 Å². The van der Waals surface area contributed by atoms with Gasteiger partial charge in [-0.25, -0.2) is 0 Å². The van der Waals surface area contributed by atoms with Gasteiger partial charge in [0.2, 0.25) is 5.91 Å². The van der Waals surface area contributed by atoms with Crippen LogP contribution in [0.15, 0.2) is 106 Å². The fourth-order valence-corrected chi connectivity index (χ4v) is 4.50. The van der Waals surface area contributed by atoms with Crippen LogP contribution in [0.3, 0.4) is 0 Å². The molecule has 0 aliphatic carbocycles. The summed E-state index contributed by atoms with van der Waals surface area (Å²) in [6.45, 7) is 5.80. The van der Waals surface area contributed by atoms with Crippen LogP contribution in [0.25, 0.3) is 6.08 Å². The van der Waals surface area contributed by atoms with Crippen LogP contribution in [0.2, 0.25) is 0 Å². The van der Waals surface area contributed by atoms with Crippen LogP contribution in [-0.2, 0) is 9.59 Å². The van der Waals surface area contributed by atoms with Crippen molar-refractivity contribution in [2.24, 2.45) is 0 Å². The summed E-state index contributed by atoms with van der Waals surface area (Å²) in [5, 5.41) is 8.15. The summed E-state index contributed by atoms with van der Waals surface area (Å²) in [5.41, 5.74) is 3.89. The van der Waals surface area contributed by atoms with E-state index in [2.05, 4.69) is 16.0 Å². The molecule has 39 heavy (non-hydrogen) atoms. The van der Waals surface area contributed by atoms with Crippen molar-refractivity contribution in [1.82, 2.24) is 5.32 Å². The molecule has 1 unspecified atom stereocenters. The number of anilines is 2. The van der Waals surface area contributed by atoms with E-state index in [1.54, 1.807) is 48.5 Å². The molecule has 0 bridgehead atoms. The highest BCUT2D eigenvalue weighted by atomic mass is 32.2. The topological polar surface area (TPSA) is 100 Å². The summed E-state index contributed by atoms with van der Waals surface area (Å²) >= 11 is 1.42.